The van der Waals surface area contributed by atoms with Gasteiger partial charge in [-0.25, -0.2) is 0 Å². The molecular formula is C46H24OS. The van der Waals surface area contributed by atoms with Crippen molar-refractivity contribution in [3.8, 4) is 23.7 Å². The van der Waals surface area contributed by atoms with Gasteiger partial charge in [-0.15, -0.1) is 11.3 Å². The van der Waals surface area contributed by atoms with Gasteiger partial charge in [0.1, 0.15) is 11.2 Å². The third-order valence-electron chi connectivity index (χ3n) is 9.27. The van der Waals surface area contributed by atoms with E-state index in [0.717, 1.165) is 49.6 Å². The van der Waals surface area contributed by atoms with Crippen molar-refractivity contribution in [3.05, 3.63) is 168 Å². The minimum absolute atomic E-state index is 0.855. The molecular weight excluding hydrogens is 601 g/mol. The molecule has 10 rings (SSSR count). The van der Waals surface area contributed by atoms with Crippen molar-refractivity contribution in [2.75, 3.05) is 0 Å². The first kappa shape index (κ1) is 26.9. The van der Waals surface area contributed by atoms with E-state index in [1.807, 2.05) is 11.3 Å². The highest BCUT2D eigenvalue weighted by Crippen LogP contribution is 2.42. The third-order valence-corrected chi connectivity index (χ3v) is 10.5. The predicted octanol–water partition coefficient (Wildman–Crippen LogP) is 12.2. The fourth-order valence-electron chi connectivity index (χ4n) is 6.85. The van der Waals surface area contributed by atoms with Crippen LogP contribution in [0.1, 0.15) is 22.3 Å². The standard InChI is InChI=1S/C46H24OS/c1-3-7-35-25-29(13-17-33(35)5-1)9-11-31-15-19-37-39-21-24-42-40(45(39)47-43(37)27-31)22-23-41-38-20-16-32(28-44(38)48-46(41)42)12-10-30-14-18-34-6-2-4-8-36(34)26-30/h1-8,13-28H. The Morgan fingerprint density at radius 1 is 0.375 bits per heavy atom. The Morgan fingerprint density at radius 3 is 1.48 bits per heavy atom. The SMILES string of the molecule is C(#Cc1ccc2c(c1)oc1c2ccc2c1ccc1c3ccc(C#Cc4ccc5ccccc5c4)cc3sc12)c1ccc2ccccc2c1. The molecule has 1 nitrogen and oxygen atoms in total. The summed E-state index contributed by atoms with van der Waals surface area (Å²) in [5, 5.41) is 11.9. The van der Waals surface area contributed by atoms with Crippen molar-refractivity contribution in [2.45, 2.75) is 0 Å². The summed E-state index contributed by atoms with van der Waals surface area (Å²) in [5.74, 6) is 13.5. The molecule has 0 amide bonds. The topological polar surface area (TPSA) is 13.1 Å². The molecule has 2 heteroatoms. The van der Waals surface area contributed by atoms with Crippen molar-refractivity contribution in [1.82, 2.24) is 0 Å². The van der Waals surface area contributed by atoms with Crippen LogP contribution in [0.5, 0.6) is 0 Å². The molecule has 0 aliphatic heterocycles. The second kappa shape index (κ2) is 10.6. The van der Waals surface area contributed by atoms with Crippen LogP contribution in [0.2, 0.25) is 0 Å². The van der Waals surface area contributed by atoms with Crippen LogP contribution in [0.25, 0.3) is 74.4 Å². The first-order valence-corrected chi connectivity index (χ1v) is 16.8. The molecule has 0 fully saturated rings. The van der Waals surface area contributed by atoms with Crippen LogP contribution in [0.15, 0.2) is 150 Å². The third kappa shape index (κ3) is 4.44. The number of rotatable bonds is 0. The maximum atomic E-state index is 6.58. The Bertz CT molecular complexity index is 2870. The highest BCUT2D eigenvalue weighted by molar-refractivity contribution is 7.26. The first-order chi connectivity index (χ1) is 23.7. The van der Waals surface area contributed by atoms with Crippen LogP contribution in [0.3, 0.4) is 0 Å². The van der Waals surface area contributed by atoms with Crippen molar-refractivity contribution in [1.29, 1.82) is 0 Å². The zero-order valence-corrected chi connectivity index (χ0v) is 26.5. The van der Waals surface area contributed by atoms with E-state index >= 15 is 0 Å². The van der Waals surface area contributed by atoms with E-state index in [1.165, 1.54) is 47.1 Å². The van der Waals surface area contributed by atoms with Crippen molar-refractivity contribution in [3.63, 3.8) is 0 Å². The summed E-state index contributed by atoms with van der Waals surface area (Å²) in [4.78, 5) is 0. The van der Waals surface area contributed by atoms with Gasteiger partial charge >= 0.3 is 0 Å². The summed E-state index contributed by atoms with van der Waals surface area (Å²) in [5.41, 5.74) is 5.75. The maximum Gasteiger partial charge on any atom is 0.143 e. The fraction of sp³-hybridized carbons (Fsp3) is 0. The van der Waals surface area contributed by atoms with Gasteiger partial charge in [-0.2, -0.15) is 0 Å². The summed E-state index contributed by atoms with van der Waals surface area (Å²) >= 11 is 1.82. The van der Waals surface area contributed by atoms with E-state index in [2.05, 4.69) is 169 Å². The van der Waals surface area contributed by atoms with Gasteiger partial charge in [0.15, 0.2) is 0 Å². The number of thiophene rings is 1. The van der Waals surface area contributed by atoms with Gasteiger partial charge < -0.3 is 4.42 Å². The van der Waals surface area contributed by atoms with Crippen LogP contribution in [0, 0.1) is 23.7 Å². The Kier molecular flexibility index (Phi) is 5.94. The molecule has 0 bridgehead atoms. The lowest BCUT2D eigenvalue weighted by Gasteiger charge is -2.01. The largest absolute Gasteiger partial charge is 0.455 e. The second-order valence-corrected chi connectivity index (χ2v) is 13.3. The van der Waals surface area contributed by atoms with Gasteiger partial charge in [0.25, 0.3) is 0 Å². The molecule has 0 aliphatic rings. The lowest BCUT2D eigenvalue weighted by Crippen LogP contribution is -1.78. The van der Waals surface area contributed by atoms with Gasteiger partial charge in [0.05, 0.1) is 0 Å². The maximum absolute atomic E-state index is 6.58. The Labute approximate surface area is 280 Å². The lowest BCUT2D eigenvalue weighted by molar-refractivity contribution is 0.672. The molecule has 0 saturated carbocycles. The van der Waals surface area contributed by atoms with Crippen LogP contribution in [-0.4, -0.2) is 0 Å². The van der Waals surface area contributed by atoms with Crippen molar-refractivity contribution < 1.29 is 4.42 Å². The molecule has 2 aromatic heterocycles. The predicted molar refractivity (Wildman–Crippen MR) is 204 cm³/mol. The summed E-state index contributed by atoms with van der Waals surface area (Å²) < 4.78 is 9.09. The molecule has 2 heterocycles. The highest BCUT2D eigenvalue weighted by atomic mass is 32.1. The molecule has 10 aromatic rings. The summed E-state index contributed by atoms with van der Waals surface area (Å²) in [7, 11) is 0. The molecule has 0 N–H and O–H groups in total. The molecule has 220 valence electrons. The van der Waals surface area contributed by atoms with Crippen LogP contribution >= 0.6 is 11.3 Å². The van der Waals surface area contributed by atoms with Gasteiger partial charge in [0, 0.05) is 64.0 Å². The normalized spacial score (nSPS) is 11.4. The first-order valence-electron chi connectivity index (χ1n) is 16.0. The van der Waals surface area contributed by atoms with Gasteiger partial charge in [-0.3, -0.25) is 0 Å². The van der Waals surface area contributed by atoms with Crippen LogP contribution in [-0.2, 0) is 0 Å². The minimum atomic E-state index is 0.855. The quantitative estimate of drug-likeness (QED) is 0.153. The van der Waals surface area contributed by atoms with Gasteiger partial charge in [0.2, 0.25) is 0 Å². The van der Waals surface area contributed by atoms with Crippen molar-refractivity contribution >= 4 is 85.8 Å². The number of fused-ring (bicyclic) bond motifs is 11. The molecule has 0 atom stereocenters. The number of hydrogen-bond donors (Lipinski definition) is 0. The van der Waals surface area contributed by atoms with Crippen LogP contribution in [0.4, 0.5) is 0 Å². The molecule has 48 heavy (non-hydrogen) atoms. The Hall–Kier alpha value is -6.32. The van der Waals surface area contributed by atoms with Gasteiger partial charge in [-0.05, 0) is 88.3 Å². The average Bonchev–Trinajstić information content (AvgIpc) is 3.71. The summed E-state index contributed by atoms with van der Waals surface area (Å²) in [6.45, 7) is 0. The number of benzene rings is 8. The van der Waals surface area contributed by atoms with Crippen LogP contribution < -0.4 is 0 Å². The molecule has 0 radical (unpaired) electrons. The molecule has 0 spiro atoms. The Balaban J connectivity index is 1.02. The molecule has 0 saturated heterocycles. The lowest BCUT2D eigenvalue weighted by atomic mass is 10.0. The van der Waals surface area contributed by atoms with E-state index in [9.17, 15) is 0 Å². The molecule has 8 aromatic carbocycles. The zero-order chi connectivity index (χ0) is 31.6. The monoisotopic (exact) mass is 624 g/mol. The van der Waals surface area contributed by atoms with E-state index in [-0.39, 0.29) is 0 Å². The summed E-state index contributed by atoms with van der Waals surface area (Å²) in [6, 6.07) is 51.3. The van der Waals surface area contributed by atoms with Crippen molar-refractivity contribution in [2.24, 2.45) is 0 Å². The highest BCUT2D eigenvalue weighted by Gasteiger charge is 2.15. The second-order valence-electron chi connectivity index (χ2n) is 12.2. The minimum Gasteiger partial charge on any atom is -0.455 e. The summed E-state index contributed by atoms with van der Waals surface area (Å²) in [6.07, 6.45) is 0. The van der Waals surface area contributed by atoms with E-state index in [4.69, 9.17) is 4.42 Å². The zero-order valence-electron chi connectivity index (χ0n) is 25.7. The van der Waals surface area contributed by atoms with E-state index < -0.39 is 0 Å². The van der Waals surface area contributed by atoms with E-state index in [0.29, 0.717) is 0 Å². The number of furan rings is 1. The van der Waals surface area contributed by atoms with E-state index in [1.54, 1.807) is 0 Å². The smallest absolute Gasteiger partial charge is 0.143 e. The molecule has 0 unspecified atom stereocenters. The molecule has 0 aliphatic carbocycles. The Morgan fingerprint density at radius 2 is 0.833 bits per heavy atom. The fourth-order valence-corrected chi connectivity index (χ4v) is 8.12. The number of hydrogen-bond acceptors (Lipinski definition) is 2. The van der Waals surface area contributed by atoms with Gasteiger partial charge in [-0.1, -0.05) is 103 Å². The average molecular weight is 625 g/mol.